The van der Waals surface area contributed by atoms with Crippen molar-refractivity contribution in [3.63, 3.8) is 0 Å². The van der Waals surface area contributed by atoms with Gasteiger partial charge in [0.05, 0.1) is 16.8 Å². The lowest BCUT2D eigenvalue weighted by Gasteiger charge is -2.11. The summed E-state index contributed by atoms with van der Waals surface area (Å²) >= 11 is 6.10. The summed E-state index contributed by atoms with van der Waals surface area (Å²) in [7, 11) is -3.72. The van der Waals surface area contributed by atoms with Crippen LogP contribution in [-0.4, -0.2) is 24.2 Å². The number of aromatic nitrogens is 2. The predicted octanol–water partition coefficient (Wildman–Crippen LogP) is 4.90. The van der Waals surface area contributed by atoms with Crippen molar-refractivity contribution in [2.75, 3.05) is 0 Å². The van der Waals surface area contributed by atoms with Gasteiger partial charge in [0.1, 0.15) is 5.69 Å². The molecule has 6 nitrogen and oxygen atoms in total. The molecule has 2 heterocycles. The van der Waals surface area contributed by atoms with Crippen molar-refractivity contribution in [3.05, 3.63) is 101 Å². The highest BCUT2D eigenvalue weighted by molar-refractivity contribution is 7.90. The Morgan fingerprint density at radius 1 is 1.06 bits per heavy atom. The predicted molar refractivity (Wildman–Crippen MR) is 117 cm³/mol. The minimum atomic E-state index is -3.72. The molecule has 0 saturated carbocycles. The van der Waals surface area contributed by atoms with Crippen LogP contribution in [0.15, 0.2) is 82.6 Å². The number of halogens is 1. The van der Waals surface area contributed by atoms with Crippen LogP contribution >= 0.6 is 11.6 Å². The monoisotopic (exact) mass is 452 g/mol. The molecule has 0 unspecified atom stereocenters. The third kappa shape index (κ3) is 4.57. The first-order chi connectivity index (χ1) is 14.8. The van der Waals surface area contributed by atoms with Crippen LogP contribution in [0.25, 0.3) is 11.3 Å². The molecule has 2 aromatic carbocycles. The maximum Gasteiger partial charge on any atom is 0.211 e. The number of carbonyl (C=O) groups excluding carboxylic acids is 1. The molecule has 4 rings (SSSR count). The fraction of sp³-hybridized carbons (Fsp3) is 0.0870. The summed E-state index contributed by atoms with van der Waals surface area (Å²) in [5.41, 5.74) is 2.21. The Morgan fingerprint density at radius 3 is 2.52 bits per heavy atom. The summed E-state index contributed by atoms with van der Waals surface area (Å²) in [6, 6.07) is 16.0. The molecule has 0 aliphatic rings. The number of hydrogen-bond acceptors (Lipinski definition) is 6. The number of ketones is 1. The molecule has 31 heavy (non-hydrogen) atoms. The molecule has 0 amide bonds. The third-order valence-corrected chi connectivity index (χ3v) is 6.63. The van der Waals surface area contributed by atoms with Crippen LogP contribution in [0.2, 0.25) is 5.02 Å². The van der Waals surface area contributed by atoms with Crippen molar-refractivity contribution in [2.24, 2.45) is 0 Å². The van der Waals surface area contributed by atoms with Crippen molar-refractivity contribution < 1.29 is 17.6 Å². The van der Waals surface area contributed by atoms with Gasteiger partial charge in [0.25, 0.3) is 0 Å². The molecule has 4 aromatic rings. The summed E-state index contributed by atoms with van der Waals surface area (Å²) in [6.07, 6.45) is 2.86. The Morgan fingerprint density at radius 2 is 1.84 bits per heavy atom. The standard InChI is InChI=1S/C23H17ClN2O4S/c1-15-3-2-4-21(26-15)23(27)20-11-18(24)8-5-17(20)13-31(28,29)19-9-6-16(7-10-19)22-12-25-14-30-22/h2-12,14H,13H2,1H3. The summed E-state index contributed by atoms with van der Waals surface area (Å²) in [5, 5.41) is 0.341. The molecule has 0 fully saturated rings. The van der Waals surface area contributed by atoms with Crippen LogP contribution in [0.5, 0.6) is 0 Å². The highest BCUT2D eigenvalue weighted by atomic mass is 35.5. The van der Waals surface area contributed by atoms with Crippen LogP contribution < -0.4 is 0 Å². The number of benzene rings is 2. The van der Waals surface area contributed by atoms with E-state index in [4.69, 9.17) is 16.0 Å². The van der Waals surface area contributed by atoms with E-state index in [1.54, 1.807) is 55.6 Å². The van der Waals surface area contributed by atoms with Gasteiger partial charge in [-0.1, -0.05) is 23.7 Å². The summed E-state index contributed by atoms with van der Waals surface area (Å²) < 4.78 is 31.3. The lowest BCUT2D eigenvalue weighted by Crippen LogP contribution is -2.12. The Kier molecular flexibility index (Phi) is 5.71. The highest BCUT2D eigenvalue weighted by Crippen LogP contribution is 2.26. The minimum absolute atomic E-state index is 0.137. The molecule has 156 valence electrons. The molecular weight excluding hydrogens is 436 g/mol. The smallest absolute Gasteiger partial charge is 0.211 e. The van der Waals surface area contributed by atoms with Crippen LogP contribution in [0.3, 0.4) is 0 Å². The Balaban J connectivity index is 1.66. The van der Waals surface area contributed by atoms with Gasteiger partial charge in [0.15, 0.2) is 22.0 Å². The third-order valence-electron chi connectivity index (χ3n) is 4.71. The van der Waals surface area contributed by atoms with Gasteiger partial charge in [-0.25, -0.2) is 18.4 Å². The molecule has 0 atom stereocenters. The number of oxazole rings is 1. The number of carbonyl (C=O) groups is 1. The highest BCUT2D eigenvalue weighted by Gasteiger charge is 2.22. The molecule has 0 radical (unpaired) electrons. The maximum atomic E-state index is 13.1. The Bertz CT molecular complexity index is 1350. The first kappa shape index (κ1) is 21.0. The van der Waals surface area contributed by atoms with E-state index in [1.165, 1.54) is 24.6 Å². The molecular formula is C23H17ClN2O4S. The van der Waals surface area contributed by atoms with E-state index in [-0.39, 0.29) is 27.7 Å². The van der Waals surface area contributed by atoms with Gasteiger partial charge in [0, 0.05) is 21.8 Å². The van der Waals surface area contributed by atoms with E-state index < -0.39 is 9.84 Å². The van der Waals surface area contributed by atoms with Gasteiger partial charge in [0.2, 0.25) is 5.78 Å². The Labute approximate surface area is 184 Å². The zero-order valence-corrected chi connectivity index (χ0v) is 18.0. The van der Waals surface area contributed by atoms with E-state index in [0.717, 1.165) is 0 Å². The van der Waals surface area contributed by atoms with Crippen LogP contribution in [0, 0.1) is 6.92 Å². The lowest BCUT2D eigenvalue weighted by molar-refractivity contribution is 0.103. The number of aryl methyl sites for hydroxylation is 1. The maximum absolute atomic E-state index is 13.1. The zero-order chi connectivity index (χ0) is 22.0. The molecule has 0 saturated heterocycles. The van der Waals surface area contributed by atoms with Crippen molar-refractivity contribution in [1.82, 2.24) is 9.97 Å². The molecule has 0 N–H and O–H groups in total. The number of pyridine rings is 1. The second-order valence-electron chi connectivity index (χ2n) is 6.94. The topological polar surface area (TPSA) is 90.1 Å². The Hall–Kier alpha value is -3.29. The summed E-state index contributed by atoms with van der Waals surface area (Å²) in [4.78, 5) is 21.3. The fourth-order valence-electron chi connectivity index (χ4n) is 3.17. The average Bonchev–Trinajstić information content (AvgIpc) is 3.29. The van der Waals surface area contributed by atoms with Crippen molar-refractivity contribution in [2.45, 2.75) is 17.6 Å². The van der Waals surface area contributed by atoms with Gasteiger partial charge in [-0.2, -0.15) is 0 Å². The van der Waals surface area contributed by atoms with Gasteiger partial charge in [-0.15, -0.1) is 0 Å². The average molecular weight is 453 g/mol. The second kappa shape index (κ2) is 8.45. The fourth-order valence-corrected chi connectivity index (χ4v) is 4.72. The molecule has 8 heteroatoms. The summed E-state index contributed by atoms with van der Waals surface area (Å²) in [5.74, 6) is -0.184. The molecule has 0 bridgehead atoms. The van der Waals surface area contributed by atoms with Crippen molar-refractivity contribution in [3.8, 4) is 11.3 Å². The number of sulfone groups is 1. The minimum Gasteiger partial charge on any atom is -0.444 e. The molecule has 0 spiro atoms. The zero-order valence-electron chi connectivity index (χ0n) is 16.4. The van der Waals surface area contributed by atoms with E-state index in [0.29, 0.717) is 27.6 Å². The van der Waals surface area contributed by atoms with Gasteiger partial charge < -0.3 is 4.42 Å². The van der Waals surface area contributed by atoms with Crippen LogP contribution in [0.4, 0.5) is 0 Å². The normalized spacial score (nSPS) is 11.4. The number of hydrogen-bond donors (Lipinski definition) is 0. The van der Waals surface area contributed by atoms with Gasteiger partial charge >= 0.3 is 0 Å². The first-order valence-corrected chi connectivity index (χ1v) is 11.3. The molecule has 2 aromatic heterocycles. The molecule has 0 aliphatic carbocycles. The second-order valence-corrected chi connectivity index (χ2v) is 9.37. The molecule has 0 aliphatic heterocycles. The van der Waals surface area contributed by atoms with E-state index in [9.17, 15) is 13.2 Å². The lowest BCUT2D eigenvalue weighted by atomic mass is 10.0. The van der Waals surface area contributed by atoms with Crippen LogP contribution in [-0.2, 0) is 15.6 Å². The summed E-state index contributed by atoms with van der Waals surface area (Å²) in [6.45, 7) is 1.78. The van der Waals surface area contributed by atoms with Gasteiger partial charge in [-0.05, 0) is 61.0 Å². The van der Waals surface area contributed by atoms with E-state index in [1.807, 2.05) is 0 Å². The SMILES string of the molecule is Cc1cccc(C(=O)c2cc(Cl)ccc2CS(=O)(=O)c2ccc(-c3cnco3)cc2)n1. The van der Waals surface area contributed by atoms with E-state index >= 15 is 0 Å². The number of rotatable bonds is 6. The first-order valence-electron chi connectivity index (χ1n) is 9.32. The van der Waals surface area contributed by atoms with Crippen molar-refractivity contribution in [1.29, 1.82) is 0 Å². The van der Waals surface area contributed by atoms with E-state index in [2.05, 4.69) is 9.97 Å². The number of nitrogens with zero attached hydrogens (tertiary/aromatic N) is 2. The quantitative estimate of drug-likeness (QED) is 0.386. The van der Waals surface area contributed by atoms with Crippen molar-refractivity contribution >= 4 is 27.2 Å². The van der Waals surface area contributed by atoms with Gasteiger partial charge in [-0.3, -0.25) is 4.79 Å². The largest absolute Gasteiger partial charge is 0.444 e. The van der Waals surface area contributed by atoms with Crippen LogP contribution in [0.1, 0.15) is 27.3 Å².